The van der Waals surface area contributed by atoms with Gasteiger partial charge in [0.05, 0.1) is 5.56 Å². The monoisotopic (exact) mass is 271 g/mol. The van der Waals surface area contributed by atoms with Crippen LogP contribution < -0.4 is 5.32 Å². The Bertz CT molecular complexity index is 684. The summed E-state index contributed by atoms with van der Waals surface area (Å²) in [5.41, 5.74) is 0.156. The van der Waals surface area contributed by atoms with E-state index in [0.29, 0.717) is 11.1 Å². The first-order valence-corrected chi connectivity index (χ1v) is 6.36. The topological polar surface area (TPSA) is 66.4 Å². The molecular formula is C16H17NO3. The number of hydrogen-bond donors (Lipinski definition) is 2. The van der Waals surface area contributed by atoms with E-state index < -0.39 is 11.4 Å². The van der Waals surface area contributed by atoms with E-state index in [1.807, 2.05) is 32.9 Å². The molecule has 4 heteroatoms. The molecule has 0 saturated heterocycles. The van der Waals surface area contributed by atoms with Gasteiger partial charge in [-0.15, -0.1) is 0 Å². The third kappa shape index (κ3) is 2.79. The summed E-state index contributed by atoms with van der Waals surface area (Å²) < 4.78 is 0. The maximum Gasteiger partial charge on any atom is 0.336 e. The fourth-order valence-electron chi connectivity index (χ4n) is 1.88. The number of fused-ring (bicyclic) bond motifs is 1. The van der Waals surface area contributed by atoms with Crippen molar-refractivity contribution in [3.05, 3.63) is 42.0 Å². The predicted octanol–water partition coefficient (Wildman–Crippen LogP) is 3.52. The van der Waals surface area contributed by atoms with Crippen LogP contribution in [-0.2, 0) is 4.79 Å². The lowest BCUT2D eigenvalue weighted by atomic mass is 9.95. The Morgan fingerprint density at radius 3 is 2.35 bits per heavy atom. The van der Waals surface area contributed by atoms with Gasteiger partial charge in [-0.3, -0.25) is 4.79 Å². The molecule has 2 rings (SSSR count). The zero-order chi connectivity index (χ0) is 14.9. The van der Waals surface area contributed by atoms with E-state index in [9.17, 15) is 14.7 Å². The Kier molecular flexibility index (Phi) is 3.49. The third-order valence-corrected chi connectivity index (χ3v) is 3.03. The fourth-order valence-corrected chi connectivity index (χ4v) is 1.88. The van der Waals surface area contributed by atoms with Gasteiger partial charge in [-0.1, -0.05) is 45.0 Å². The minimum absolute atomic E-state index is 0.149. The molecule has 104 valence electrons. The van der Waals surface area contributed by atoms with Crippen LogP contribution in [0.25, 0.3) is 10.8 Å². The van der Waals surface area contributed by atoms with Crippen molar-refractivity contribution in [1.29, 1.82) is 0 Å². The zero-order valence-electron chi connectivity index (χ0n) is 11.7. The van der Waals surface area contributed by atoms with Crippen molar-refractivity contribution in [2.75, 3.05) is 5.32 Å². The van der Waals surface area contributed by atoms with Crippen LogP contribution in [0.5, 0.6) is 0 Å². The third-order valence-electron chi connectivity index (χ3n) is 3.03. The minimum Gasteiger partial charge on any atom is -0.478 e. The first kappa shape index (κ1) is 14.1. The lowest BCUT2D eigenvalue weighted by Gasteiger charge is -2.18. The first-order valence-electron chi connectivity index (χ1n) is 6.36. The SMILES string of the molecule is CC(C)(C)C(=O)Nc1cc(C(=O)O)c2ccccc2c1. The number of aromatic carboxylic acids is 1. The van der Waals surface area contributed by atoms with Crippen molar-refractivity contribution in [3.8, 4) is 0 Å². The Labute approximate surface area is 117 Å². The molecule has 0 spiro atoms. The molecular weight excluding hydrogens is 254 g/mol. The highest BCUT2D eigenvalue weighted by molar-refractivity contribution is 6.07. The van der Waals surface area contributed by atoms with E-state index in [1.54, 1.807) is 18.2 Å². The van der Waals surface area contributed by atoms with Gasteiger partial charge in [0.25, 0.3) is 0 Å². The zero-order valence-corrected chi connectivity index (χ0v) is 11.7. The average molecular weight is 271 g/mol. The summed E-state index contributed by atoms with van der Waals surface area (Å²) in [6.07, 6.45) is 0. The van der Waals surface area contributed by atoms with Crippen LogP contribution in [0.2, 0.25) is 0 Å². The Hall–Kier alpha value is -2.36. The molecule has 0 unspecified atom stereocenters. The smallest absolute Gasteiger partial charge is 0.336 e. The standard InChI is InChI=1S/C16H17NO3/c1-16(2,3)15(20)17-11-8-10-6-4-5-7-12(10)13(9-11)14(18)19/h4-9H,1-3H3,(H,17,20)(H,18,19). The Morgan fingerprint density at radius 1 is 1.10 bits per heavy atom. The predicted molar refractivity (Wildman–Crippen MR) is 79.0 cm³/mol. The highest BCUT2D eigenvalue weighted by atomic mass is 16.4. The van der Waals surface area contributed by atoms with Crippen molar-refractivity contribution < 1.29 is 14.7 Å². The van der Waals surface area contributed by atoms with Gasteiger partial charge in [-0.25, -0.2) is 4.79 Å². The number of carboxylic acid groups (broad SMARTS) is 1. The minimum atomic E-state index is -1.01. The second kappa shape index (κ2) is 4.96. The lowest BCUT2D eigenvalue weighted by Crippen LogP contribution is -2.27. The van der Waals surface area contributed by atoms with E-state index in [-0.39, 0.29) is 11.5 Å². The number of nitrogens with one attached hydrogen (secondary N) is 1. The van der Waals surface area contributed by atoms with Gasteiger partial charge < -0.3 is 10.4 Å². The Balaban J connectivity index is 2.51. The molecule has 1 amide bonds. The number of hydrogen-bond acceptors (Lipinski definition) is 2. The molecule has 4 nitrogen and oxygen atoms in total. The van der Waals surface area contributed by atoms with Crippen LogP contribution in [-0.4, -0.2) is 17.0 Å². The molecule has 0 atom stereocenters. The number of rotatable bonds is 2. The second-order valence-electron chi connectivity index (χ2n) is 5.75. The largest absolute Gasteiger partial charge is 0.478 e. The van der Waals surface area contributed by atoms with E-state index in [2.05, 4.69) is 5.32 Å². The maximum absolute atomic E-state index is 12.0. The van der Waals surface area contributed by atoms with E-state index >= 15 is 0 Å². The molecule has 0 aliphatic carbocycles. The number of amides is 1. The van der Waals surface area contributed by atoms with Gasteiger partial charge in [0, 0.05) is 11.1 Å². The molecule has 0 aliphatic heterocycles. The van der Waals surface area contributed by atoms with Crippen LogP contribution in [0.4, 0.5) is 5.69 Å². The summed E-state index contributed by atoms with van der Waals surface area (Å²) in [4.78, 5) is 23.3. The second-order valence-corrected chi connectivity index (χ2v) is 5.75. The molecule has 0 aromatic heterocycles. The molecule has 0 heterocycles. The number of benzene rings is 2. The molecule has 0 bridgehead atoms. The average Bonchev–Trinajstić information content (AvgIpc) is 2.36. The summed E-state index contributed by atoms with van der Waals surface area (Å²) in [5.74, 6) is -1.16. The van der Waals surface area contributed by atoms with Crippen molar-refractivity contribution in [2.45, 2.75) is 20.8 Å². The lowest BCUT2D eigenvalue weighted by molar-refractivity contribution is -0.123. The van der Waals surface area contributed by atoms with Crippen LogP contribution in [0.3, 0.4) is 0 Å². The molecule has 2 N–H and O–H groups in total. The van der Waals surface area contributed by atoms with Gasteiger partial charge in [0.15, 0.2) is 0 Å². The molecule has 2 aromatic carbocycles. The molecule has 20 heavy (non-hydrogen) atoms. The van der Waals surface area contributed by atoms with Crippen molar-refractivity contribution in [3.63, 3.8) is 0 Å². The first-order chi connectivity index (χ1) is 9.29. The van der Waals surface area contributed by atoms with Crippen molar-refractivity contribution in [2.24, 2.45) is 5.41 Å². The van der Waals surface area contributed by atoms with Gasteiger partial charge in [-0.05, 0) is 22.9 Å². The van der Waals surface area contributed by atoms with Gasteiger partial charge in [0.1, 0.15) is 0 Å². The van der Waals surface area contributed by atoms with Crippen molar-refractivity contribution >= 4 is 28.3 Å². The fraction of sp³-hybridized carbons (Fsp3) is 0.250. The van der Waals surface area contributed by atoms with E-state index in [1.165, 1.54) is 6.07 Å². The molecule has 0 saturated carbocycles. The summed E-state index contributed by atoms with van der Waals surface area (Å²) in [7, 11) is 0. The highest BCUT2D eigenvalue weighted by Crippen LogP contribution is 2.25. The van der Waals surface area contributed by atoms with E-state index in [4.69, 9.17) is 0 Å². The number of carboxylic acids is 1. The van der Waals surface area contributed by atoms with Gasteiger partial charge in [-0.2, -0.15) is 0 Å². The van der Waals surface area contributed by atoms with E-state index in [0.717, 1.165) is 5.39 Å². The number of carbonyl (C=O) groups is 2. The molecule has 2 aromatic rings. The highest BCUT2D eigenvalue weighted by Gasteiger charge is 2.22. The van der Waals surface area contributed by atoms with Crippen LogP contribution in [0.15, 0.2) is 36.4 Å². The summed E-state index contributed by atoms with van der Waals surface area (Å²) in [6, 6.07) is 10.5. The molecule has 0 aliphatic rings. The molecule has 0 fully saturated rings. The quantitative estimate of drug-likeness (QED) is 0.878. The normalized spacial score (nSPS) is 11.3. The summed E-state index contributed by atoms with van der Waals surface area (Å²) in [5, 5.41) is 13.5. The van der Waals surface area contributed by atoms with Crippen molar-refractivity contribution in [1.82, 2.24) is 0 Å². The summed E-state index contributed by atoms with van der Waals surface area (Å²) >= 11 is 0. The number of anilines is 1. The van der Waals surface area contributed by atoms with Gasteiger partial charge >= 0.3 is 5.97 Å². The maximum atomic E-state index is 12.0. The van der Waals surface area contributed by atoms with Gasteiger partial charge in [0.2, 0.25) is 5.91 Å². The van der Waals surface area contributed by atoms with Crippen LogP contribution >= 0.6 is 0 Å². The summed E-state index contributed by atoms with van der Waals surface area (Å²) in [6.45, 7) is 5.42. The Morgan fingerprint density at radius 2 is 1.75 bits per heavy atom. The van der Waals surface area contributed by atoms with Crippen LogP contribution in [0.1, 0.15) is 31.1 Å². The number of carbonyl (C=O) groups excluding carboxylic acids is 1. The molecule has 0 radical (unpaired) electrons. The van der Waals surface area contributed by atoms with Crippen LogP contribution in [0, 0.1) is 5.41 Å².